The van der Waals surface area contributed by atoms with Crippen LogP contribution >= 0.6 is 11.3 Å². The number of aliphatic carboxylic acids is 1. The zero-order valence-electron chi connectivity index (χ0n) is 10.5. The maximum atomic E-state index is 12.8. The Bertz CT molecular complexity index is 565. The molecule has 0 radical (unpaired) electrons. The lowest BCUT2D eigenvalue weighted by Gasteiger charge is -2.11. The summed E-state index contributed by atoms with van der Waals surface area (Å²) in [6.45, 7) is 1.89. The topological polar surface area (TPSA) is 50.2 Å². The fourth-order valence-corrected chi connectivity index (χ4v) is 2.53. The molecule has 1 heterocycles. The highest BCUT2D eigenvalue weighted by Crippen LogP contribution is 2.17. The van der Waals surface area contributed by atoms with Gasteiger partial charge >= 0.3 is 5.97 Å². The summed E-state index contributed by atoms with van der Waals surface area (Å²) >= 11 is 1.51. The number of hydrogen-bond acceptors (Lipinski definition) is 3. The second kappa shape index (κ2) is 5.93. The lowest BCUT2D eigenvalue weighted by atomic mass is 9.95. The number of hydrogen-bond donors (Lipinski definition) is 1. The Balaban J connectivity index is 2.08. The van der Waals surface area contributed by atoms with Crippen molar-refractivity contribution in [3.8, 4) is 0 Å². The molecule has 0 saturated carbocycles. The van der Waals surface area contributed by atoms with Gasteiger partial charge < -0.3 is 5.11 Å². The summed E-state index contributed by atoms with van der Waals surface area (Å²) in [5, 5.41) is 12.1. The molecule has 1 unspecified atom stereocenters. The van der Waals surface area contributed by atoms with E-state index in [2.05, 4.69) is 4.98 Å². The summed E-state index contributed by atoms with van der Waals surface area (Å²) < 4.78 is 12.8. The number of rotatable bonds is 5. The van der Waals surface area contributed by atoms with E-state index in [0.717, 1.165) is 16.3 Å². The molecule has 3 nitrogen and oxygen atoms in total. The van der Waals surface area contributed by atoms with Crippen LogP contribution in [0.1, 0.15) is 16.3 Å². The van der Waals surface area contributed by atoms with Gasteiger partial charge in [0.15, 0.2) is 0 Å². The van der Waals surface area contributed by atoms with Crippen molar-refractivity contribution in [2.24, 2.45) is 5.92 Å². The third-order valence-electron chi connectivity index (χ3n) is 2.87. The van der Waals surface area contributed by atoms with Crippen LogP contribution in [-0.2, 0) is 17.6 Å². The van der Waals surface area contributed by atoms with Crippen LogP contribution < -0.4 is 0 Å². The summed E-state index contributed by atoms with van der Waals surface area (Å²) in [4.78, 5) is 15.6. The van der Waals surface area contributed by atoms with Crippen LogP contribution in [0.2, 0.25) is 0 Å². The Kier molecular flexibility index (Phi) is 4.27. The largest absolute Gasteiger partial charge is 0.481 e. The molecule has 0 amide bonds. The standard InChI is InChI=1S/C14H14FNO2S/c1-9-16-13(8-19-9)7-11(14(17)18)6-10-2-4-12(15)5-3-10/h2-5,8,11H,6-7H2,1H3,(H,17,18). The van der Waals surface area contributed by atoms with Gasteiger partial charge in [-0.05, 0) is 31.0 Å². The predicted octanol–water partition coefficient (Wildman–Crippen LogP) is 3.08. The number of aryl methyl sites for hydroxylation is 1. The zero-order valence-corrected chi connectivity index (χ0v) is 11.3. The second-order valence-corrected chi connectivity index (χ2v) is 5.49. The molecule has 0 aliphatic rings. The lowest BCUT2D eigenvalue weighted by Crippen LogP contribution is -2.19. The van der Waals surface area contributed by atoms with Crippen LogP contribution in [0.5, 0.6) is 0 Å². The molecular formula is C14H14FNO2S. The van der Waals surface area contributed by atoms with Gasteiger partial charge in [-0.2, -0.15) is 0 Å². The van der Waals surface area contributed by atoms with Crippen molar-refractivity contribution in [3.05, 3.63) is 51.7 Å². The Labute approximate surface area is 114 Å². The van der Waals surface area contributed by atoms with E-state index in [1.165, 1.54) is 23.5 Å². The molecule has 0 saturated heterocycles. The monoisotopic (exact) mass is 279 g/mol. The van der Waals surface area contributed by atoms with Gasteiger partial charge in [0.1, 0.15) is 5.82 Å². The van der Waals surface area contributed by atoms with Crippen molar-refractivity contribution in [1.29, 1.82) is 0 Å². The molecule has 0 bridgehead atoms. The minimum absolute atomic E-state index is 0.314. The molecule has 5 heteroatoms. The average molecular weight is 279 g/mol. The first-order valence-electron chi connectivity index (χ1n) is 5.93. The summed E-state index contributed by atoms with van der Waals surface area (Å²) in [7, 11) is 0. The number of aromatic nitrogens is 1. The molecule has 0 fully saturated rings. The number of carboxylic acids is 1. The Morgan fingerprint density at radius 2 is 2.05 bits per heavy atom. The third kappa shape index (κ3) is 3.86. The van der Waals surface area contributed by atoms with Crippen molar-refractivity contribution < 1.29 is 14.3 Å². The summed E-state index contributed by atoms with van der Waals surface area (Å²) in [5.41, 5.74) is 1.62. The van der Waals surface area contributed by atoms with Gasteiger partial charge in [-0.3, -0.25) is 4.79 Å². The fraction of sp³-hybridized carbons (Fsp3) is 0.286. The number of benzene rings is 1. The predicted molar refractivity (Wildman–Crippen MR) is 71.8 cm³/mol. The zero-order chi connectivity index (χ0) is 13.8. The van der Waals surface area contributed by atoms with E-state index in [-0.39, 0.29) is 5.82 Å². The van der Waals surface area contributed by atoms with E-state index >= 15 is 0 Å². The van der Waals surface area contributed by atoms with E-state index in [1.807, 2.05) is 12.3 Å². The second-order valence-electron chi connectivity index (χ2n) is 4.43. The molecule has 1 aromatic heterocycles. The molecule has 2 rings (SSSR count). The van der Waals surface area contributed by atoms with Gasteiger partial charge in [0, 0.05) is 11.8 Å². The summed E-state index contributed by atoms with van der Waals surface area (Å²) in [6.07, 6.45) is 0.781. The minimum atomic E-state index is -0.852. The number of thiazole rings is 1. The van der Waals surface area contributed by atoms with Crippen molar-refractivity contribution in [2.75, 3.05) is 0 Å². The molecule has 0 aliphatic carbocycles. The van der Waals surface area contributed by atoms with Crippen LogP contribution in [-0.4, -0.2) is 16.1 Å². The van der Waals surface area contributed by atoms with Crippen molar-refractivity contribution in [3.63, 3.8) is 0 Å². The summed E-state index contributed by atoms with van der Waals surface area (Å²) in [5.74, 6) is -1.70. The number of carboxylic acid groups (broad SMARTS) is 1. The normalized spacial score (nSPS) is 12.3. The first-order valence-corrected chi connectivity index (χ1v) is 6.81. The van der Waals surface area contributed by atoms with Crippen LogP contribution in [0.4, 0.5) is 4.39 Å². The van der Waals surface area contributed by atoms with E-state index in [4.69, 9.17) is 0 Å². The maximum Gasteiger partial charge on any atom is 0.307 e. The van der Waals surface area contributed by atoms with Crippen LogP contribution in [0.15, 0.2) is 29.6 Å². The van der Waals surface area contributed by atoms with Crippen LogP contribution in [0.25, 0.3) is 0 Å². The molecule has 0 spiro atoms. The van der Waals surface area contributed by atoms with Crippen LogP contribution in [0, 0.1) is 18.7 Å². The Morgan fingerprint density at radius 3 is 2.58 bits per heavy atom. The van der Waals surface area contributed by atoms with Gasteiger partial charge in [-0.25, -0.2) is 9.37 Å². The highest BCUT2D eigenvalue weighted by molar-refractivity contribution is 7.09. The van der Waals surface area contributed by atoms with Crippen molar-refractivity contribution in [1.82, 2.24) is 4.98 Å². The van der Waals surface area contributed by atoms with Gasteiger partial charge in [0.05, 0.1) is 16.6 Å². The first-order chi connectivity index (χ1) is 9.04. The van der Waals surface area contributed by atoms with Crippen molar-refractivity contribution in [2.45, 2.75) is 19.8 Å². The van der Waals surface area contributed by atoms with Gasteiger partial charge in [0.2, 0.25) is 0 Å². The van der Waals surface area contributed by atoms with Gasteiger partial charge in [-0.15, -0.1) is 11.3 Å². The SMILES string of the molecule is Cc1nc(CC(Cc2ccc(F)cc2)C(=O)O)cs1. The fourth-order valence-electron chi connectivity index (χ4n) is 1.91. The Morgan fingerprint density at radius 1 is 1.37 bits per heavy atom. The molecule has 1 atom stereocenters. The molecule has 1 aromatic carbocycles. The smallest absolute Gasteiger partial charge is 0.307 e. The maximum absolute atomic E-state index is 12.8. The molecule has 100 valence electrons. The molecule has 2 aromatic rings. The summed E-state index contributed by atoms with van der Waals surface area (Å²) in [6, 6.07) is 5.94. The quantitative estimate of drug-likeness (QED) is 0.915. The number of nitrogens with zero attached hydrogens (tertiary/aromatic N) is 1. The average Bonchev–Trinajstić information content (AvgIpc) is 2.76. The Hall–Kier alpha value is -1.75. The van der Waals surface area contributed by atoms with Gasteiger partial charge in [-0.1, -0.05) is 12.1 Å². The van der Waals surface area contributed by atoms with Crippen molar-refractivity contribution >= 4 is 17.3 Å². The number of carbonyl (C=O) groups is 1. The molecule has 0 aliphatic heterocycles. The molecular weight excluding hydrogens is 265 g/mol. The molecule has 19 heavy (non-hydrogen) atoms. The first kappa shape index (κ1) is 13.7. The van der Waals surface area contributed by atoms with Crippen LogP contribution in [0.3, 0.4) is 0 Å². The highest BCUT2D eigenvalue weighted by atomic mass is 32.1. The van der Waals surface area contributed by atoms with E-state index in [0.29, 0.717) is 12.8 Å². The minimum Gasteiger partial charge on any atom is -0.481 e. The van der Waals surface area contributed by atoms with E-state index in [9.17, 15) is 14.3 Å². The molecule has 1 N–H and O–H groups in total. The third-order valence-corrected chi connectivity index (χ3v) is 3.69. The van der Waals surface area contributed by atoms with E-state index in [1.54, 1.807) is 12.1 Å². The van der Waals surface area contributed by atoms with Gasteiger partial charge in [0.25, 0.3) is 0 Å². The number of halogens is 1. The lowest BCUT2D eigenvalue weighted by molar-refractivity contribution is -0.141. The van der Waals surface area contributed by atoms with E-state index < -0.39 is 11.9 Å². The highest BCUT2D eigenvalue weighted by Gasteiger charge is 2.19.